The van der Waals surface area contributed by atoms with Crippen molar-refractivity contribution >= 4 is 11.6 Å². The predicted octanol–water partition coefficient (Wildman–Crippen LogP) is -3.82. The van der Waals surface area contributed by atoms with E-state index in [9.17, 15) is 50.7 Å². The largest absolute Gasteiger partial charge is 0.394 e. The number of nitrogens with one attached hydrogen (secondary N) is 1. The van der Waals surface area contributed by atoms with E-state index in [4.69, 9.17) is 14.2 Å². The molecule has 1 aromatic carbocycles. The van der Waals surface area contributed by atoms with E-state index < -0.39 is 84.9 Å². The lowest BCUT2D eigenvalue weighted by molar-refractivity contribution is -0.385. The molecule has 1 unspecified atom stereocenters. The number of nitro groups is 1. The average Bonchev–Trinajstić information content (AvgIpc) is 2.83. The van der Waals surface area contributed by atoms with Crippen LogP contribution in [0.25, 0.3) is 0 Å². The molecule has 35 heavy (non-hydrogen) atoms. The van der Waals surface area contributed by atoms with Crippen LogP contribution in [0.4, 0.5) is 5.69 Å². The lowest BCUT2D eigenvalue weighted by atomic mass is 9.85. The zero-order valence-corrected chi connectivity index (χ0v) is 18.4. The highest BCUT2D eigenvalue weighted by atomic mass is 16.7. The van der Waals surface area contributed by atoms with Gasteiger partial charge < -0.3 is 55.3 Å². The van der Waals surface area contributed by atoms with Crippen LogP contribution in [0.5, 0.6) is 0 Å². The molecule has 0 aliphatic carbocycles. The van der Waals surface area contributed by atoms with Gasteiger partial charge in [0.2, 0.25) is 11.7 Å². The highest BCUT2D eigenvalue weighted by Crippen LogP contribution is 2.39. The third-order valence-corrected chi connectivity index (χ3v) is 5.97. The molecular weight excluding hydrogens is 476 g/mol. The molecule has 2 heterocycles. The van der Waals surface area contributed by atoms with Crippen LogP contribution in [0.3, 0.4) is 0 Å². The first-order chi connectivity index (χ1) is 16.4. The Morgan fingerprint density at radius 3 is 2.17 bits per heavy atom. The quantitative estimate of drug-likeness (QED) is 0.131. The van der Waals surface area contributed by atoms with Crippen molar-refractivity contribution in [1.82, 2.24) is 5.32 Å². The molecule has 0 aromatic heterocycles. The number of amides is 1. The van der Waals surface area contributed by atoms with Crippen molar-refractivity contribution in [2.75, 3.05) is 13.2 Å². The highest BCUT2D eigenvalue weighted by Gasteiger charge is 2.57. The highest BCUT2D eigenvalue weighted by molar-refractivity contribution is 5.73. The maximum Gasteiger partial charge on any atom is 0.269 e. The van der Waals surface area contributed by atoms with Gasteiger partial charge in [-0.1, -0.05) is 0 Å². The minimum atomic E-state index is -2.48. The number of carbonyl (C=O) groups excluding carboxylic acids is 1. The van der Waals surface area contributed by atoms with Crippen LogP contribution in [0, 0.1) is 10.1 Å². The molecule has 196 valence electrons. The molecule has 15 heteroatoms. The number of aliphatic hydroxyl groups excluding tert-OH is 6. The van der Waals surface area contributed by atoms with Crippen LogP contribution in [-0.4, -0.2) is 115 Å². The number of nitrogens with zero attached hydrogens (tertiary/aromatic N) is 1. The molecule has 2 fully saturated rings. The molecule has 2 saturated heterocycles. The number of aliphatic hydroxyl groups is 7. The first-order valence-electron chi connectivity index (χ1n) is 10.6. The van der Waals surface area contributed by atoms with Crippen molar-refractivity contribution in [2.24, 2.45) is 0 Å². The topological polar surface area (TPSA) is 242 Å². The third kappa shape index (κ3) is 5.29. The van der Waals surface area contributed by atoms with Gasteiger partial charge in [0.25, 0.3) is 5.69 Å². The summed E-state index contributed by atoms with van der Waals surface area (Å²) in [7, 11) is 0. The molecule has 8 N–H and O–H groups in total. The second kappa shape index (κ2) is 10.8. The summed E-state index contributed by atoms with van der Waals surface area (Å²) >= 11 is 0. The molecule has 0 spiro atoms. The van der Waals surface area contributed by atoms with E-state index in [1.54, 1.807) is 0 Å². The van der Waals surface area contributed by atoms with Crippen LogP contribution < -0.4 is 5.32 Å². The first-order valence-corrected chi connectivity index (χ1v) is 10.6. The summed E-state index contributed by atoms with van der Waals surface area (Å²) in [5.74, 6) is -3.19. The molecule has 2 aliphatic heterocycles. The van der Waals surface area contributed by atoms with Gasteiger partial charge in [-0.3, -0.25) is 14.9 Å². The zero-order valence-electron chi connectivity index (χ0n) is 18.4. The van der Waals surface area contributed by atoms with Crippen molar-refractivity contribution in [3.8, 4) is 0 Å². The summed E-state index contributed by atoms with van der Waals surface area (Å²) in [5.41, 5.74) is -0.391. The molecule has 15 nitrogen and oxygen atoms in total. The molecule has 1 aromatic rings. The monoisotopic (exact) mass is 504 g/mol. The van der Waals surface area contributed by atoms with Crippen molar-refractivity contribution in [3.05, 3.63) is 39.9 Å². The maximum absolute atomic E-state index is 11.9. The Bertz CT molecular complexity index is 900. The molecule has 3 rings (SSSR count). The Hall–Kier alpha value is -2.31. The van der Waals surface area contributed by atoms with E-state index in [0.29, 0.717) is 0 Å². The van der Waals surface area contributed by atoms with Gasteiger partial charge in [-0.2, -0.15) is 0 Å². The van der Waals surface area contributed by atoms with E-state index in [1.165, 1.54) is 0 Å². The minimum absolute atomic E-state index is 0.0920. The molecular formula is C20H28N2O13. The van der Waals surface area contributed by atoms with Crippen molar-refractivity contribution in [3.63, 3.8) is 0 Å². The maximum atomic E-state index is 11.9. The summed E-state index contributed by atoms with van der Waals surface area (Å²) in [6, 6.07) is 2.79. The summed E-state index contributed by atoms with van der Waals surface area (Å²) in [5, 5.41) is 85.2. The SMILES string of the molecule is CC(=O)N[C@@H]1[C@@H](O)[C@H](O[C@@H]2O[C@H](CO)[C@H](O)[C@H](O)[C@H]2O)[C@@H](CO)OC1(O)c1ccc([N+](=O)[O-])cc1. The second-order valence-corrected chi connectivity index (χ2v) is 8.31. The average molecular weight is 504 g/mol. The fraction of sp³-hybridized carbons (Fsp3) is 0.650. The predicted molar refractivity (Wildman–Crippen MR) is 111 cm³/mol. The Balaban J connectivity index is 1.93. The van der Waals surface area contributed by atoms with Gasteiger partial charge in [0, 0.05) is 24.6 Å². The summed E-state index contributed by atoms with van der Waals surface area (Å²) < 4.78 is 16.5. The van der Waals surface area contributed by atoms with Gasteiger partial charge in [0.1, 0.15) is 48.8 Å². The number of benzene rings is 1. The van der Waals surface area contributed by atoms with Crippen molar-refractivity contribution < 1.29 is 59.7 Å². The number of ether oxygens (including phenoxy) is 3. The summed E-state index contributed by atoms with van der Waals surface area (Å²) in [6.45, 7) is -0.498. The molecule has 0 bridgehead atoms. The lowest BCUT2D eigenvalue weighted by Crippen LogP contribution is -2.70. The fourth-order valence-corrected chi connectivity index (χ4v) is 4.13. The number of rotatable bonds is 7. The third-order valence-electron chi connectivity index (χ3n) is 5.97. The van der Waals surface area contributed by atoms with Gasteiger partial charge in [-0.15, -0.1) is 0 Å². The Morgan fingerprint density at radius 2 is 1.66 bits per heavy atom. The van der Waals surface area contributed by atoms with Crippen LogP contribution in [0.15, 0.2) is 24.3 Å². The van der Waals surface area contributed by atoms with Gasteiger partial charge in [0.05, 0.1) is 18.1 Å². The van der Waals surface area contributed by atoms with Crippen LogP contribution in [-0.2, 0) is 24.8 Å². The standard InChI is InChI=1S/C20H28N2O13/c1-8(25)21-18-16(29)17(34-19-15(28)14(27)13(26)11(6-23)33-19)12(7-24)35-20(18,30)9-2-4-10(5-3-9)22(31)32/h2-5,11-19,23-24,26-30H,6-7H2,1H3,(H,21,25)/t11-,12-,13+,14+,15-,16+,17-,18-,19+,20?/m1/s1. The van der Waals surface area contributed by atoms with Crippen LogP contribution >= 0.6 is 0 Å². The molecule has 0 radical (unpaired) electrons. The van der Waals surface area contributed by atoms with E-state index in [1.807, 2.05) is 0 Å². The van der Waals surface area contributed by atoms with E-state index in [-0.39, 0.29) is 11.3 Å². The summed E-state index contributed by atoms with van der Waals surface area (Å²) in [4.78, 5) is 22.1. The van der Waals surface area contributed by atoms with Gasteiger partial charge in [-0.25, -0.2) is 0 Å². The van der Waals surface area contributed by atoms with Gasteiger partial charge in [0.15, 0.2) is 6.29 Å². The normalized spacial score (nSPS) is 39.7. The number of non-ortho nitro benzene ring substituents is 1. The zero-order chi connectivity index (χ0) is 26.1. The fourth-order valence-electron chi connectivity index (χ4n) is 4.13. The Kier molecular flexibility index (Phi) is 8.38. The molecule has 0 saturated carbocycles. The number of carbonyl (C=O) groups is 1. The van der Waals surface area contributed by atoms with E-state index in [0.717, 1.165) is 31.2 Å². The Labute approximate surface area is 198 Å². The second-order valence-electron chi connectivity index (χ2n) is 8.31. The number of hydrogen-bond acceptors (Lipinski definition) is 13. The van der Waals surface area contributed by atoms with Crippen molar-refractivity contribution in [1.29, 1.82) is 0 Å². The van der Waals surface area contributed by atoms with Crippen LogP contribution in [0.2, 0.25) is 0 Å². The van der Waals surface area contributed by atoms with Crippen molar-refractivity contribution in [2.45, 2.75) is 67.8 Å². The smallest absolute Gasteiger partial charge is 0.269 e. The Morgan fingerprint density at radius 1 is 1.06 bits per heavy atom. The number of hydrogen-bond donors (Lipinski definition) is 8. The lowest BCUT2D eigenvalue weighted by Gasteiger charge is -2.50. The molecule has 2 aliphatic rings. The molecule has 10 atom stereocenters. The van der Waals surface area contributed by atoms with E-state index in [2.05, 4.69) is 5.32 Å². The first kappa shape index (κ1) is 27.3. The number of nitro benzene ring substituents is 1. The van der Waals surface area contributed by atoms with Gasteiger partial charge in [-0.05, 0) is 12.1 Å². The molecule has 1 amide bonds. The van der Waals surface area contributed by atoms with Crippen LogP contribution in [0.1, 0.15) is 12.5 Å². The van der Waals surface area contributed by atoms with E-state index >= 15 is 0 Å². The summed E-state index contributed by atoms with van der Waals surface area (Å²) in [6.07, 6.45) is -13.2. The minimum Gasteiger partial charge on any atom is -0.394 e. The van der Waals surface area contributed by atoms with Gasteiger partial charge >= 0.3 is 0 Å².